The first-order chi connectivity index (χ1) is 8.94. The van der Waals surface area contributed by atoms with Gasteiger partial charge in [-0.15, -0.1) is 0 Å². The van der Waals surface area contributed by atoms with E-state index >= 15 is 0 Å². The van der Waals surface area contributed by atoms with Gasteiger partial charge in [0.1, 0.15) is 0 Å². The van der Waals surface area contributed by atoms with E-state index in [0.29, 0.717) is 11.6 Å². The molecule has 104 valence electrons. The molecule has 1 aromatic carbocycles. The highest BCUT2D eigenvalue weighted by Crippen LogP contribution is 2.28. The summed E-state index contributed by atoms with van der Waals surface area (Å²) in [4.78, 5) is 0. The Kier molecular flexibility index (Phi) is 4.13. The number of aromatic amines is 1. The Morgan fingerprint density at radius 1 is 1.47 bits per heavy atom. The molecular weight excluding hydrogens is 262 g/mol. The van der Waals surface area contributed by atoms with Crippen LogP contribution in [0.3, 0.4) is 0 Å². The molecule has 0 fully saturated rings. The molecule has 0 aliphatic carbocycles. The van der Waals surface area contributed by atoms with Gasteiger partial charge in [-0.05, 0) is 31.9 Å². The second-order valence-electron chi connectivity index (χ2n) is 5.43. The van der Waals surface area contributed by atoms with E-state index in [1.165, 1.54) is 0 Å². The van der Waals surface area contributed by atoms with Crippen LogP contribution in [-0.4, -0.2) is 27.4 Å². The number of aromatic nitrogens is 2. The summed E-state index contributed by atoms with van der Waals surface area (Å²) in [6, 6.07) is 3.64. The molecule has 1 aromatic heterocycles. The minimum absolute atomic E-state index is 0.0168. The van der Waals surface area contributed by atoms with Gasteiger partial charge in [-0.25, -0.2) is 0 Å². The second kappa shape index (κ2) is 5.49. The van der Waals surface area contributed by atoms with E-state index in [2.05, 4.69) is 36.3 Å². The third-order valence-corrected chi connectivity index (χ3v) is 3.93. The summed E-state index contributed by atoms with van der Waals surface area (Å²) < 4.78 is 0. The summed E-state index contributed by atoms with van der Waals surface area (Å²) in [5.41, 5.74) is 1.63. The van der Waals surface area contributed by atoms with Crippen molar-refractivity contribution in [2.75, 3.05) is 6.54 Å². The van der Waals surface area contributed by atoms with Gasteiger partial charge in [0.2, 0.25) is 0 Å². The molecule has 2 rings (SSSR count). The van der Waals surface area contributed by atoms with Gasteiger partial charge in [0, 0.05) is 17.5 Å². The van der Waals surface area contributed by atoms with Gasteiger partial charge >= 0.3 is 0 Å². The van der Waals surface area contributed by atoms with Crippen LogP contribution in [-0.2, 0) is 0 Å². The zero-order valence-corrected chi connectivity index (χ0v) is 12.3. The van der Waals surface area contributed by atoms with E-state index in [-0.39, 0.29) is 5.54 Å². The Morgan fingerprint density at radius 2 is 2.21 bits per heavy atom. The Morgan fingerprint density at radius 3 is 2.89 bits per heavy atom. The summed E-state index contributed by atoms with van der Waals surface area (Å²) in [6.45, 7) is 6.86. The summed E-state index contributed by atoms with van der Waals surface area (Å²) in [5.74, 6) is 0. The van der Waals surface area contributed by atoms with Gasteiger partial charge in [-0.2, -0.15) is 5.10 Å². The predicted octanol–water partition coefficient (Wildman–Crippen LogP) is 3.03. The number of aliphatic hydroxyl groups is 1. The number of rotatable bonds is 5. The van der Waals surface area contributed by atoms with Gasteiger partial charge in [-0.1, -0.05) is 24.6 Å². The fraction of sp³-hybridized carbons (Fsp3) is 0.500. The van der Waals surface area contributed by atoms with Crippen molar-refractivity contribution in [3.05, 3.63) is 28.9 Å². The summed E-state index contributed by atoms with van der Waals surface area (Å²) in [7, 11) is 0. The van der Waals surface area contributed by atoms with E-state index in [1.54, 1.807) is 12.3 Å². The maximum absolute atomic E-state index is 10.3. The zero-order chi connectivity index (χ0) is 14.0. The molecule has 0 radical (unpaired) electrons. The van der Waals surface area contributed by atoms with E-state index < -0.39 is 6.10 Å². The first-order valence-electron chi connectivity index (χ1n) is 6.49. The number of halogens is 1. The highest BCUT2D eigenvalue weighted by molar-refractivity contribution is 6.35. The van der Waals surface area contributed by atoms with Crippen LogP contribution in [0.5, 0.6) is 0 Å². The molecule has 1 atom stereocenters. The van der Waals surface area contributed by atoms with Crippen LogP contribution in [0.15, 0.2) is 18.3 Å². The Bertz CT molecular complexity index is 565. The van der Waals surface area contributed by atoms with Crippen LogP contribution in [0.2, 0.25) is 5.02 Å². The number of fused-ring (bicyclic) bond motifs is 1. The minimum atomic E-state index is -0.580. The van der Waals surface area contributed by atoms with Crippen LogP contribution in [0.1, 0.15) is 38.9 Å². The van der Waals surface area contributed by atoms with Crippen LogP contribution < -0.4 is 5.32 Å². The van der Waals surface area contributed by atoms with E-state index in [4.69, 9.17) is 11.6 Å². The highest BCUT2D eigenvalue weighted by Gasteiger charge is 2.19. The summed E-state index contributed by atoms with van der Waals surface area (Å²) in [6.07, 6.45) is 2.12. The molecule has 4 nitrogen and oxygen atoms in total. The lowest BCUT2D eigenvalue weighted by molar-refractivity contribution is 0.161. The van der Waals surface area contributed by atoms with Crippen LogP contribution in [0.4, 0.5) is 0 Å². The number of hydrogen-bond acceptors (Lipinski definition) is 3. The minimum Gasteiger partial charge on any atom is -0.387 e. The Hall–Kier alpha value is -1.10. The lowest BCUT2D eigenvalue weighted by atomic mass is 10.00. The molecule has 1 heterocycles. The average Bonchev–Trinajstić information content (AvgIpc) is 2.87. The van der Waals surface area contributed by atoms with Crippen molar-refractivity contribution in [3.8, 4) is 0 Å². The smallest absolute Gasteiger partial charge is 0.0921 e. The average molecular weight is 282 g/mol. The normalized spacial score (nSPS) is 13.9. The molecule has 2 aromatic rings. The maximum atomic E-state index is 10.3. The van der Waals surface area contributed by atoms with Crippen molar-refractivity contribution in [1.82, 2.24) is 15.5 Å². The van der Waals surface area contributed by atoms with Crippen LogP contribution in [0, 0.1) is 0 Å². The maximum Gasteiger partial charge on any atom is 0.0921 e. The van der Waals surface area contributed by atoms with E-state index in [9.17, 15) is 5.11 Å². The van der Waals surface area contributed by atoms with Crippen molar-refractivity contribution >= 4 is 22.5 Å². The molecule has 3 N–H and O–H groups in total. The molecule has 5 heteroatoms. The Balaban J connectivity index is 2.20. The summed E-state index contributed by atoms with van der Waals surface area (Å²) >= 11 is 6.08. The molecule has 0 bridgehead atoms. The third-order valence-electron chi connectivity index (χ3n) is 3.62. The number of nitrogens with one attached hydrogen (secondary N) is 2. The van der Waals surface area contributed by atoms with Crippen molar-refractivity contribution in [2.24, 2.45) is 0 Å². The number of nitrogens with zero attached hydrogens (tertiary/aromatic N) is 1. The van der Waals surface area contributed by atoms with E-state index in [0.717, 1.165) is 22.9 Å². The molecule has 0 unspecified atom stereocenters. The van der Waals surface area contributed by atoms with Crippen molar-refractivity contribution in [2.45, 2.75) is 38.8 Å². The molecule has 0 saturated carbocycles. The molecule has 19 heavy (non-hydrogen) atoms. The second-order valence-corrected chi connectivity index (χ2v) is 5.84. The molecule has 0 spiro atoms. The number of β-amino-alcohol motifs (C(OH)–C–C–N with tert-alkyl or cyclic N) is 1. The SMILES string of the molecule is CCC(C)(C)NC[C@H](O)c1ccc(Cl)c2[nH]ncc12. The molecule has 0 amide bonds. The van der Waals surface area contributed by atoms with Gasteiger partial charge in [0.25, 0.3) is 0 Å². The first-order valence-corrected chi connectivity index (χ1v) is 6.87. The Labute approximate surface area is 118 Å². The lowest BCUT2D eigenvalue weighted by Gasteiger charge is -2.26. The monoisotopic (exact) mass is 281 g/mol. The number of hydrogen-bond donors (Lipinski definition) is 3. The number of H-pyrrole nitrogens is 1. The fourth-order valence-corrected chi connectivity index (χ4v) is 2.13. The standard InChI is InChI=1S/C14H20ClN3O/c1-4-14(2,3)16-8-12(19)9-5-6-11(15)13-10(9)7-17-18-13/h5-7,12,16,19H,4,8H2,1-3H3,(H,17,18)/t12-/m0/s1. The van der Waals surface area contributed by atoms with Crippen molar-refractivity contribution in [1.29, 1.82) is 0 Å². The van der Waals surface area contributed by atoms with Crippen LogP contribution in [0.25, 0.3) is 10.9 Å². The van der Waals surface area contributed by atoms with Gasteiger partial charge in [0.15, 0.2) is 0 Å². The molecular formula is C14H20ClN3O. The third kappa shape index (κ3) is 3.08. The molecule has 0 aliphatic heterocycles. The fourth-order valence-electron chi connectivity index (χ4n) is 1.92. The zero-order valence-electron chi connectivity index (χ0n) is 11.5. The lowest BCUT2D eigenvalue weighted by Crippen LogP contribution is -2.40. The van der Waals surface area contributed by atoms with Gasteiger partial charge in [0.05, 0.1) is 22.8 Å². The van der Waals surface area contributed by atoms with Gasteiger partial charge in [-0.3, -0.25) is 5.10 Å². The largest absolute Gasteiger partial charge is 0.387 e. The molecule has 0 saturated heterocycles. The first kappa shape index (κ1) is 14.3. The number of aliphatic hydroxyl groups excluding tert-OH is 1. The van der Waals surface area contributed by atoms with Crippen molar-refractivity contribution in [3.63, 3.8) is 0 Å². The number of benzene rings is 1. The highest BCUT2D eigenvalue weighted by atomic mass is 35.5. The van der Waals surface area contributed by atoms with Crippen molar-refractivity contribution < 1.29 is 5.11 Å². The quantitative estimate of drug-likeness (QED) is 0.789. The van der Waals surface area contributed by atoms with Gasteiger partial charge < -0.3 is 10.4 Å². The topological polar surface area (TPSA) is 60.9 Å². The predicted molar refractivity (Wildman–Crippen MR) is 78.4 cm³/mol. The van der Waals surface area contributed by atoms with E-state index in [1.807, 2.05) is 6.07 Å². The summed E-state index contributed by atoms with van der Waals surface area (Å²) in [5, 5.41) is 22.0. The van der Waals surface area contributed by atoms with Crippen LogP contribution >= 0.6 is 11.6 Å². The molecule has 0 aliphatic rings.